The topological polar surface area (TPSA) is 77.9 Å². The third-order valence-electron chi connectivity index (χ3n) is 3.62. The second kappa shape index (κ2) is 6.82. The van der Waals surface area contributed by atoms with Crippen LogP contribution in [0.4, 0.5) is 11.4 Å². The zero-order chi connectivity index (χ0) is 18.0. The smallest absolute Gasteiger partial charge is 0.270 e. The average molecular weight is 354 g/mol. The molecule has 0 saturated heterocycles. The van der Waals surface area contributed by atoms with E-state index < -0.39 is 4.92 Å². The second-order valence-corrected chi connectivity index (χ2v) is 5.92. The van der Waals surface area contributed by atoms with Crippen LogP contribution >= 0.6 is 12.2 Å². The van der Waals surface area contributed by atoms with Crippen LogP contribution in [0, 0.1) is 10.1 Å². The Morgan fingerprint density at radius 3 is 2.52 bits per heavy atom. The highest BCUT2D eigenvalue weighted by atomic mass is 32.1. The molecule has 6 nitrogen and oxygen atoms in total. The van der Waals surface area contributed by atoms with Crippen molar-refractivity contribution in [1.82, 2.24) is 0 Å². The molecule has 3 aromatic rings. The van der Waals surface area contributed by atoms with E-state index in [-0.39, 0.29) is 5.69 Å². The van der Waals surface area contributed by atoms with Crippen LogP contribution in [0.15, 0.2) is 57.9 Å². The van der Waals surface area contributed by atoms with Crippen LogP contribution in [-0.2, 0) is 0 Å². The molecule has 126 valence electrons. The minimum Gasteiger partial charge on any atom is -0.497 e. The Labute approximate surface area is 148 Å². The Balaban J connectivity index is 2.20. The summed E-state index contributed by atoms with van der Waals surface area (Å²) in [5.74, 6) is 0.730. The molecule has 0 N–H and O–H groups in total. The zero-order valence-electron chi connectivity index (χ0n) is 13.6. The predicted molar refractivity (Wildman–Crippen MR) is 98.5 cm³/mol. The molecule has 0 fully saturated rings. The molecule has 0 aliphatic rings. The molecule has 2 aromatic carbocycles. The first-order valence-electron chi connectivity index (χ1n) is 7.40. The number of hydrogen-bond donors (Lipinski definition) is 0. The molecule has 7 heteroatoms. The summed E-state index contributed by atoms with van der Waals surface area (Å²) in [6, 6.07) is 13.4. The van der Waals surface area contributed by atoms with Gasteiger partial charge in [-0.25, -0.2) is 4.99 Å². The monoisotopic (exact) mass is 354 g/mol. The predicted octanol–water partition coefficient (Wildman–Crippen LogP) is 4.32. The lowest BCUT2D eigenvalue weighted by molar-refractivity contribution is -0.384. The van der Waals surface area contributed by atoms with Gasteiger partial charge in [0.1, 0.15) is 11.3 Å². The van der Waals surface area contributed by atoms with Gasteiger partial charge in [-0.2, -0.15) is 0 Å². The van der Waals surface area contributed by atoms with Gasteiger partial charge in [0.25, 0.3) is 5.69 Å². The van der Waals surface area contributed by atoms with Crippen molar-refractivity contribution < 1.29 is 14.1 Å². The van der Waals surface area contributed by atoms with Crippen molar-refractivity contribution in [1.29, 1.82) is 0 Å². The van der Waals surface area contributed by atoms with E-state index >= 15 is 0 Å². The molecule has 0 amide bonds. The molecule has 1 heterocycles. The summed E-state index contributed by atoms with van der Waals surface area (Å²) in [5.41, 5.74) is 2.16. The van der Waals surface area contributed by atoms with E-state index in [1.165, 1.54) is 12.1 Å². The average Bonchev–Trinajstić information content (AvgIpc) is 2.61. The Morgan fingerprint density at radius 1 is 1.20 bits per heavy atom. The molecule has 25 heavy (non-hydrogen) atoms. The van der Waals surface area contributed by atoms with Crippen LogP contribution in [0.1, 0.15) is 12.5 Å². The van der Waals surface area contributed by atoms with Crippen LogP contribution in [0.5, 0.6) is 5.75 Å². The van der Waals surface area contributed by atoms with Gasteiger partial charge >= 0.3 is 0 Å². The summed E-state index contributed by atoms with van der Waals surface area (Å²) >= 11 is 5.28. The fraction of sp³-hybridized carbons (Fsp3) is 0.111. The number of ether oxygens (including phenoxy) is 1. The van der Waals surface area contributed by atoms with Gasteiger partial charge < -0.3 is 9.15 Å². The van der Waals surface area contributed by atoms with E-state index in [1.807, 2.05) is 0 Å². The highest BCUT2D eigenvalue weighted by Crippen LogP contribution is 2.22. The van der Waals surface area contributed by atoms with Gasteiger partial charge in [-0.15, -0.1) is 0 Å². The number of nitro groups is 1. The first-order chi connectivity index (χ1) is 12.0. The number of non-ortho nitro benzene ring substituents is 1. The van der Waals surface area contributed by atoms with Gasteiger partial charge in [0.15, 0.2) is 0 Å². The Kier molecular flexibility index (Phi) is 4.58. The van der Waals surface area contributed by atoms with E-state index in [1.54, 1.807) is 50.4 Å². The summed E-state index contributed by atoms with van der Waals surface area (Å²) in [5, 5.41) is 11.5. The lowest BCUT2D eigenvalue weighted by Crippen LogP contribution is -2.12. The Hall–Kier alpha value is -3.06. The van der Waals surface area contributed by atoms with E-state index in [4.69, 9.17) is 21.4 Å². The molecule has 0 spiro atoms. The van der Waals surface area contributed by atoms with Gasteiger partial charge in [-0.1, -0.05) is 12.2 Å². The van der Waals surface area contributed by atoms with Gasteiger partial charge in [0.2, 0.25) is 5.55 Å². The molecular formula is C18H14N2O4S. The molecule has 0 unspecified atom stereocenters. The molecular weight excluding hydrogens is 340 g/mol. The molecule has 0 aliphatic heterocycles. The van der Waals surface area contributed by atoms with Gasteiger partial charge in [-0.3, -0.25) is 10.1 Å². The van der Waals surface area contributed by atoms with Crippen molar-refractivity contribution in [3.63, 3.8) is 0 Å². The Bertz CT molecular complexity index is 1040. The van der Waals surface area contributed by atoms with Crippen LogP contribution in [0.3, 0.4) is 0 Å². The highest BCUT2D eigenvalue weighted by molar-refractivity contribution is 7.80. The molecule has 0 atom stereocenters. The highest BCUT2D eigenvalue weighted by Gasteiger charge is 2.11. The number of thiocarbonyl (C=S) groups is 1. The number of nitro benzene ring substituents is 1. The fourth-order valence-electron chi connectivity index (χ4n) is 2.34. The summed E-state index contributed by atoms with van der Waals surface area (Å²) in [7, 11) is 1.59. The van der Waals surface area contributed by atoms with E-state index in [0.717, 1.165) is 5.75 Å². The number of rotatable bonds is 4. The molecule has 0 bridgehead atoms. The summed E-state index contributed by atoms with van der Waals surface area (Å²) in [6.07, 6.45) is 0. The first kappa shape index (κ1) is 16.8. The molecule has 1 aromatic heterocycles. The SMILES string of the molecule is COc1ccc(/N=c2\oc3ccc([N+](=O)[O-])cc3cc2C(C)=S)cc1. The minimum absolute atomic E-state index is 0.00415. The maximum Gasteiger partial charge on any atom is 0.270 e. The molecule has 0 radical (unpaired) electrons. The van der Waals surface area contributed by atoms with Crippen LogP contribution in [-0.4, -0.2) is 16.9 Å². The summed E-state index contributed by atoms with van der Waals surface area (Å²) < 4.78 is 11.0. The number of benzene rings is 2. The maximum atomic E-state index is 10.9. The number of nitrogens with zero attached hydrogens (tertiary/aromatic N) is 2. The molecule has 0 aliphatic carbocycles. The summed E-state index contributed by atoms with van der Waals surface area (Å²) in [6.45, 7) is 1.76. The third-order valence-corrected chi connectivity index (χ3v) is 3.84. The first-order valence-corrected chi connectivity index (χ1v) is 7.81. The number of hydrogen-bond acceptors (Lipinski definition) is 6. The zero-order valence-corrected chi connectivity index (χ0v) is 14.4. The molecule has 0 saturated carbocycles. The van der Waals surface area contributed by atoms with Crippen molar-refractivity contribution in [2.45, 2.75) is 6.92 Å². The largest absolute Gasteiger partial charge is 0.497 e. The van der Waals surface area contributed by atoms with Crippen molar-refractivity contribution in [3.8, 4) is 5.75 Å². The van der Waals surface area contributed by atoms with Crippen molar-refractivity contribution in [3.05, 3.63) is 69.8 Å². The fourth-order valence-corrected chi connectivity index (χ4v) is 2.49. The van der Waals surface area contributed by atoms with Crippen LogP contribution in [0.25, 0.3) is 11.0 Å². The van der Waals surface area contributed by atoms with E-state index in [9.17, 15) is 10.1 Å². The van der Waals surface area contributed by atoms with Crippen molar-refractivity contribution in [2.24, 2.45) is 4.99 Å². The van der Waals surface area contributed by atoms with Gasteiger partial charge in [0, 0.05) is 22.4 Å². The normalized spacial score (nSPS) is 11.5. The van der Waals surface area contributed by atoms with Gasteiger partial charge in [0.05, 0.1) is 23.3 Å². The second-order valence-electron chi connectivity index (χ2n) is 5.31. The number of methoxy groups -OCH3 is 1. The lowest BCUT2D eigenvalue weighted by Gasteiger charge is -2.04. The maximum absolute atomic E-state index is 10.9. The standard InChI is InChI=1S/C18H14N2O4S/c1-11(25)16-10-12-9-14(20(21)22)5-8-17(12)24-18(16)19-13-3-6-15(23-2)7-4-13/h3-10H,1-2H3/b19-18-. The minimum atomic E-state index is -0.445. The Morgan fingerprint density at radius 2 is 1.92 bits per heavy atom. The van der Waals surface area contributed by atoms with E-state index in [2.05, 4.69) is 4.99 Å². The van der Waals surface area contributed by atoms with Crippen LogP contribution < -0.4 is 10.3 Å². The number of fused-ring (bicyclic) bond motifs is 1. The van der Waals surface area contributed by atoms with Crippen molar-refractivity contribution in [2.75, 3.05) is 7.11 Å². The third kappa shape index (κ3) is 3.56. The van der Waals surface area contributed by atoms with Crippen molar-refractivity contribution >= 4 is 39.4 Å². The van der Waals surface area contributed by atoms with E-state index in [0.29, 0.717) is 32.6 Å². The quantitative estimate of drug-likeness (QED) is 0.302. The van der Waals surface area contributed by atoms with Crippen LogP contribution in [0.2, 0.25) is 0 Å². The lowest BCUT2D eigenvalue weighted by atomic mass is 10.1. The molecule has 3 rings (SSSR count). The van der Waals surface area contributed by atoms with Gasteiger partial charge in [-0.05, 0) is 43.3 Å². The summed E-state index contributed by atoms with van der Waals surface area (Å²) in [4.78, 5) is 15.6.